The fraction of sp³-hybridized carbons (Fsp3) is 0.364. The van der Waals surface area contributed by atoms with Crippen LogP contribution in [0.15, 0.2) is 17.8 Å². The average Bonchev–Trinajstić information content (AvgIpc) is 2.85. The quantitative estimate of drug-likeness (QED) is 0.661. The molecule has 0 aliphatic heterocycles. The molecule has 2 rings (SSSR count). The Kier molecular flexibility index (Phi) is 3.83. The van der Waals surface area contributed by atoms with E-state index in [2.05, 4.69) is 10.4 Å². The van der Waals surface area contributed by atoms with Gasteiger partial charge in [-0.1, -0.05) is 11.6 Å². The van der Waals surface area contributed by atoms with Gasteiger partial charge in [0.2, 0.25) is 0 Å². The van der Waals surface area contributed by atoms with Crippen LogP contribution in [0, 0.1) is 6.92 Å². The van der Waals surface area contributed by atoms with Crippen molar-refractivity contribution in [1.82, 2.24) is 15.0 Å². The molecule has 0 aliphatic carbocycles. The number of hydrazine groups is 1. The first-order valence-electron chi connectivity index (χ1n) is 5.29. The minimum Gasteiger partial charge on any atom is -0.338 e. The molecule has 1 unspecified atom stereocenters. The zero-order valence-electron chi connectivity index (χ0n) is 9.77. The van der Waals surface area contributed by atoms with Gasteiger partial charge in [-0.05, 0) is 17.9 Å². The fourth-order valence-corrected chi connectivity index (χ4v) is 3.07. The number of nitrogens with two attached hydrogens (primary N) is 1. The molecule has 0 aromatic carbocycles. The van der Waals surface area contributed by atoms with Crippen molar-refractivity contribution in [2.75, 3.05) is 0 Å². The van der Waals surface area contributed by atoms with Crippen LogP contribution in [0.25, 0.3) is 0 Å². The molecular weight excluding hydrogens is 256 g/mol. The van der Waals surface area contributed by atoms with E-state index in [0.717, 1.165) is 27.7 Å². The van der Waals surface area contributed by atoms with Gasteiger partial charge in [0.05, 0.1) is 11.1 Å². The molecule has 6 heteroatoms. The van der Waals surface area contributed by atoms with Crippen LogP contribution < -0.4 is 11.3 Å². The molecule has 1 atom stereocenters. The van der Waals surface area contributed by atoms with Crippen molar-refractivity contribution < 1.29 is 0 Å². The second kappa shape index (κ2) is 5.18. The molecule has 0 saturated heterocycles. The van der Waals surface area contributed by atoms with Gasteiger partial charge >= 0.3 is 0 Å². The Hall–Kier alpha value is -0.880. The fourth-order valence-electron chi connectivity index (χ4n) is 1.69. The summed E-state index contributed by atoms with van der Waals surface area (Å²) in [6.07, 6.45) is 4.42. The molecule has 0 amide bonds. The topological polar surface area (TPSA) is 55.9 Å². The van der Waals surface area contributed by atoms with Crippen molar-refractivity contribution in [1.29, 1.82) is 0 Å². The normalized spacial score (nSPS) is 12.9. The summed E-state index contributed by atoms with van der Waals surface area (Å²) in [7, 11) is 1.97. The van der Waals surface area contributed by atoms with Crippen LogP contribution in [-0.4, -0.2) is 9.55 Å². The Balaban J connectivity index is 2.23. The first-order chi connectivity index (χ1) is 8.13. The molecule has 92 valence electrons. The van der Waals surface area contributed by atoms with Gasteiger partial charge in [0.15, 0.2) is 0 Å². The molecule has 0 saturated carbocycles. The highest BCUT2D eigenvalue weighted by Crippen LogP contribution is 2.33. The lowest BCUT2D eigenvalue weighted by atomic mass is 10.1. The molecule has 2 aromatic heterocycles. The Labute approximate surface area is 109 Å². The van der Waals surface area contributed by atoms with Gasteiger partial charge in [0.1, 0.15) is 5.82 Å². The summed E-state index contributed by atoms with van der Waals surface area (Å²) in [5.41, 5.74) is 3.90. The minimum absolute atomic E-state index is 0.00213. The van der Waals surface area contributed by atoms with E-state index in [9.17, 15) is 0 Å². The lowest BCUT2D eigenvalue weighted by Gasteiger charge is -2.14. The molecule has 0 aliphatic rings. The second-order valence-corrected chi connectivity index (χ2v) is 5.26. The first kappa shape index (κ1) is 12.6. The van der Waals surface area contributed by atoms with E-state index >= 15 is 0 Å². The zero-order chi connectivity index (χ0) is 12.4. The number of hydrogen-bond acceptors (Lipinski definition) is 4. The SMILES string of the molecule is Cc1csc(C(Cc2nccn2C)NN)c1Cl. The molecule has 0 fully saturated rings. The summed E-state index contributed by atoms with van der Waals surface area (Å²) in [6.45, 7) is 2.00. The molecule has 4 nitrogen and oxygen atoms in total. The molecule has 0 radical (unpaired) electrons. The van der Waals surface area contributed by atoms with Crippen molar-refractivity contribution >= 4 is 22.9 Å². The van der Waals surface area contributed by atoms with Crippen LogP contribution in [0.2, 0.25) is 5.02 Å². The predicted molar refractivity (Wildman–Crippen MR) is 71.0 cm³/mol. The van der Waals surface area contributed by atoms with Crippen molar-refractivity contribution in [3.05, 3.63) is 39.1 Å². The monoisotopic (exact) mass is 270 g/mol. The molecule has 0 spiro atoms. The number of imidazole rings is 1. The van der Waals surface area contributed by atoms with Crippen LogP contribution in [-0.2, 0) is 13.5 Å². The third-order valence-electron chi connectivity index (χ3n) is 2.75. The summed E-state index contributed by atoms with van der Waals surface area (Å²) < 4.78 is 1.98. The van der Waals surface area contributed by atoms with Crippen molar-refractivity contribution in [3.8, 4) is 0 Å². The third kappa shape index (κ3) is 2.52. The molecule has 17 heavy (non-hydrogen) atoms. The highest BCUT2D eigenvalue weighted by atomic mass is 35.5. The number of aromatic nitrogens is 2. The van der Waals surface area contributed by atoms with E-state index in [1.54, 1.807) is 17.5 Å². The molecule has 0 bridgehead atoms. The second-order valence-electron chi connectivity index (χ2n) is 3.97. The number of halogens is 1. The Morgan fingerprint density at radius 1 is 1.65 bits per heavy atom. The van der Waals surface area contributed by atoms with E-state index in [0.29, 0.717) is 0 Å². The summed E-state index contributed by atoms with van der Waals surface area (Å²) >= 11 is 7.87. The van der Waals surface area contributed by atoms with Gasteiger partial charge < -0.3 is 4.57 Å². The van der Waals surface area contributed by atoms with Crippen molar-refractivity contribution in [2.24, 2.45) is 12.9 Å². The predicted octanol–water partition coefficient (Wildman–Crippen LogP) is 2.19. The van der Waals surface area contributed by atoms with E-state index < -0.39 is 0 Å². The summed E-state index contributed by atoms with van der Waals surface area (Å²) in [5.74, 6) is 6.59. The largest absolute Gasteiger partial charge is 0.338 e. The smallest absolute Gasteiger partial charge is 0.110 e. The Morgan fingerprint density at radius 2 is 2.41 bits per heavy atom. The number of aryl methyl sites for hydroxylation is 2. The van der Waals surface area contributed by atoms with Crippen LogP contribution in [0.3, 0.4) is 0 Å². The van der Waals surface area contributed by atoms with Gasteiger partial charge in [-0.25, -0.2) is 4.98 Å². The van der Waals surface area contributed by atoms with Crippen molar-refractivity contribution in [2.45, 2.75) is 19.4 Å². The van der Waals surface area contributed by atoms with Gasteiger partial charge in [-0.2, -0.15) is 0 Å². The Bertz CT molecular complexity index is 505. The first-order valence-corrected chi connectivity index (χ1v) is 6.55. The van der Waals surface area contributed by atoms with E-state index in [1.807, 2.05) is 30.1 Å². The van der Waals surface area contributed by atoms with Gasteiger partial charge in [0, 0.05) is 30.7 Å². The molecule has 2 aromatic rings. The lowest BCUT2D eigenvalue weighted by Crippen LogP contribution is -2.29. The molecule has 2 heterocycles. The zero-order valence-corrected chi connectivity index (χ0v) is 11.3. The maximum atomic E-state index is 6.25. The standard InChI is InChI=1S/C11H15ClN4S/c1-7-6-17-11(10(7)12)8(15-13)5-9-14-3-4-16(9)2/h3-4,6,8,15H,5,13H2,1-2H3. The average molecular weight is 271 g/mol. The minimum atomic E-state index is 0.00213. The molecule has 3 N–H and O–H groups in total. The third-order valence-corrected chi connectivity index (χ3v) is 4.58. The summed E-state index contributed by atoms with van der Waals surface area (Å²) in [4.78, 5) is 5.36. The number of rotatable bonds is 4. The maximum Gasteiger partial charge on any atom is 0.110 e. The van der Waals surface area contributed by atoms with Crippen LogP contribution in [0.5, 0.6) is 0 Å². The maximum absolute atomic E-state index is 6.25. The lowest BCUT2D eigenvalue weighted by molar-refractivity contribution is 0.538. The highest BCUT2D eigenvalue weighted by molar-refractivity contribution is 7.10. The number of hydrogen-bond donors (Lipinski definition) is 2. The summed E-state index contributed by atoms with van der Waals surface area (Å²) in [6, 6.07) is 0.00213. The van der Waals surface area contributed by atoms with E-state index in [4.69, 9.17) is 17.4 Å². The van der Waals surface area contributed by atoms with E-state index in [-0.39, 0.29) is 6.04 Å². The number of nitrogens with one attached hydrogen (secondary N) is 1. The summed E-state index contributed by atoms with van der Waals surface area (Å²) in [5, 5.41) is 2.84. The van der Waals surface area contributed by atoms with Gasteiger partial charge in [0.25, 0.3) is 0 Å². The molecular formula is C11H15ClN4S. The van der Waals surface area contributed by atoms with Crippen LogP contribution in [0.4, 0.5) is 0 Å². The Morgan fingerprint density at radius 3 is 2.88 bits per heavy atom. The van der Waals surface area contributed by atoms with E-state index in [1.165, 1.54) is 0 Å². The highest BCUT2D eigenvalue weighted by Gasteiger charge is 2.18. The van der Waals surface area contributed by atoms with Gasteiger partial charge in [-0.3, -0.25) is 11.3 Å². The van der Waals surface area contributed by atoms with Crippen molar-refractivity contribution in [3.63, 3.8) is 0 Å². The number of nitrogens with zero attached hydrogens (tertiary/aromatic N) is 2. The number of thiophene rings is 1. The van der Waals surface area contributed by atoms with Crippen LogP contribution >= 0.6 is 22.9 Å². The van der Waals surface area contributed by atoms with Gasteiger partial charge in [-0.15, -0.1) is 11.3 Å². The van der Waals surface area contributed by atoms with Crippen LogP contribution in [0.1, 0.15) is 22.3 Å².